The quantitative estimate of drug-likeness (QED) is 0.728. The number of aliphatic imine (C=N–C) groups is 1. The van der Waals surface area contributed by atoms with Gasteiger partial charge in [0.25, 0.3) is 0 Å². The van der Waals surface area contributed by atoms with Crippen LogP contribution in [0.25, 0.3) is 0 Å². The first kappa shape index (κ1) is 17.0. The molecule has 4 atom stereocenters. The Balaban J connectivity index is 2.69. The Labute approximate surface area is 133 Å². The number of rotatable bonds is 2. The Hall–Kier alpha value is -1.34. The Morgan fingerprint density at radius 2 is 1.91 bits per heavy atom. The van der Waals surface area contributed by atoms with E-state index in [4.69, 9.17) is 11.5 Å². The van der Waals surface area contributed by atoms with Crippen LogP contribution in [0.1, 0.15) is 33.3 Å². The molecular formula is C15H21F2N3OS. The Morgan fingerprint density at radius 1 is 1.32 bits per heavy atom. The van der Waals surface area contributed by atoms with Crippen molar-refractivity contribution in [1.82, 2.24) is 0 Å². The zero-order valence-electron chi connectivity index (χ0n) is 13.0. The van der Waals surface area contributed by atoms with Gasteiger partial charge in [0.2, 0.25) is 0 Å². The average Bonchev–Trinajstić information content (AvgIpc) is 2.39. The largest absolute Gasteiger partial charge is 0.399 e. The minimum Gasteiger partial charge on any atom is -0.399 e. The van der Waals surface area contributed by atoms with Crippen molar-refractivity contribution in [1.29, 1.82) is 0 Å². The molecule has 1 aliphatic heterocycles. The van der Waals surface area contributed by atoms with Gasteiger partial charge in [-0.1, -0.05) is 18.7 Å². The molecule has 2 rings (SSSR count). The van der Waals surface area contributed by atoms with Gasteiger partial charge in [0.15, 0.2) is 16.8 Å². The number of benzene rings is 1. The van der Waals surface area contributed by atoms with Crippen molar-refractivity contribution in [2.45, 2.75) is 44.1 Å². The van der Waals surface area contributed by atoms with Gasteiger partial charge in [-0.2, -0.15) is 0 Å². The van der Waals surface area contributed by atoms with E-state index in [1.165, 1.54) is 17.8 Å². The highest BCUT2D eigenvalue weighted by atomic mass is 32.2. The SMILES string of the molecule is C[C@H](O)[C@@]1(C)SC(N)=N[C@](C)(c2cc(N)cc(F)c2F)[C@@H]1C. The van der Waals surface area contributed by atoms with E-state index in [0.717, 1.165) is 6.07 Å². The third kappa shape index (κ3) is 2.46. The predicted molar refractivity (Wildman–Crippen MR) is 86.6 cm³/mol. The topological polar surface area (TPSA) is 84.6 Å². The van der Waals surface area contributed by atoms with Gasteiger partial charge in [0, 0.05) is 17.2 Å². The van der Waals surface area contributed by atoms with Crippen molar-refractivity contribution in [3.8, 4) is 0 Å². The summed E-state index contributed by atoms with van der Waals surface area (Å²) in [5.74, 6) is -2.32. The number of halogens is 2. The highest BCUT2D eigenvalue weighted by Gasteiger charge is 2.52. The molecule has 0 amide bonds. The van der Waals surface area contributed by atoms with Crippen molar-refractivity contribution >= 4 is 22.6 Å². The number of hydrogen-bond acceptors (Lipinski definition) is 5. The molecule has 7 heteroatoms. The molecular weight excluding hydrogens is 308 g/mol. The van der Waals surface area contributed by atoms with Crippen LogP contribution in [-0.2, 0) is 5.54 Å². The molecule has 22 heavy (non-hydrogen) atoms. The van der Waals surface area contributed by atoms with Gasteiger partial charge in [-0.15, -0.1) is 0 Å². The van der Waals surface area contributed by atoms with Crippen LogP contribution in [0.15, 0.2) is 17.1 Å². The lowest BCUT2D eigenvalue weighted by atomic mass is 9.72. The third-order valence-corrected chi connectivity index (χ3v) is 6.23. The lowest BCUT2D eigenvalue weighted by Gasteiger charge is -2.48. The molecule has 0 aliphatic carbocycles. The van der Waals surface area contributed by atoms with Crippen LogP contribution in [0.5, 0.6) is 0 Å². The second kappa shape index (κ2) is 5.38. The zero-order chi connectivity index (χ0) is 16.9. The zero-order valence-corrected chi connectivity index (χ0v) is 13.8. The van der Waals surface area contributed by atoms with Crippen LogP contribution in [-0.4, -0.2) is 21.1 Å². The number of nitrogen functional groups attached to an aromatic ring is 1. The minimum atomic E-state index is -1.12. The maximum absolute atomic E-state index is 14.4. The van der Waals surface area contributed by atoms with Gasteiger partial charge >= 0.3 is 0 Å². The molecule has 0 spiro atoms. The van der Waals surface area contributed by atoms with E-state index < -0.39 is 28.0 Å². The third-order valence-electron chi connectivity index (χ3n) is 4.80. The molecule has 0 unspecified atom stereocenters. The molecule has 0 aromatic heterocycles. The fraction of sp³-hybridized carbons (Fsp3) is 0.533. The number of aliphatic hydroxyl groups excluding tert-OH is 1. The van der Waals surface area contributed by atoms with Crippen LogP contribution in [0.3, 0.4) is 0 Å². The molecule has 0 fully saturated rings. The second-order valence-electron chi connectivity index (χ2n) is 6.15. The molecule has 122 valence electrons. The van der Waals surface area contributed by atoms with Crippen molar-refractivity contribution in [3.63, 3.8) is 0 Å². The van der Waals surface area contributed by atoms with Crippen molar-refractivity contribution < 1.29 is 13.9 Å². The molecule has 0 radical (unpaired) electrons. The van der Waals surface area contributed by atoms with Gasteiger partial charge in [-0.05, 0) is 32.9 Å². The number of amidine groups is 1. The van der Waals surface area contributed by atoms with Crippen LogP contribution in [0.2, 0.25) is 0 Å². The first-order valence-electron chi connectivity index (χ1n) is 6.99. The first-order chi connectivity index (χ1) is 10.0. The summed E-state index contributed by atoms with van der Waals surface area (Å²) in [6.45, 7) is 7.02. The van der Waals surface area contributed by atoms with E-state index in [-0.39, 0.29) is 22.3 Å². The summed E-state index contributed by atoms with van der Waals surface area (Å²) >= 11 is 1.25. The molecule has 1 aromatic rings. The summed E-state index contributed by atoms with van der Waals surface area (Å²) in [5.41, 5.74) is 10.6. The smallest absolute Gasteiger partial charge is 0.164 e. The monoisotopic (exact) mass is 329 g/mol. The van der Waals surface area contributed by atoms with Crippen LogP contribution < -0.4 is 11.5 Å². The summed E-state index contributed by atoms with van der Waals surface area (Å²) in [6.07, 6.45) is -0.713. The van der Waals surface area contributed by atoms with E-state index in [2.05, 4.69) is 4.99 Å². The van der Waals surface area contributed by atoms with E-state index in [0.29, 0.717) is 0 Å². The van der Waals surface area contributed by atoms with E-state index in [1.54, 1.807) is 13.8 Å². The maximum Gasteiger partial charge on any atom is 0.164 e. The fourth-order valence-corrected chi connectivity index (χ4v) is 4.20. The van der Waals surface area contributed by atoms with Gasteiger partial charge in [0.05, 0.1) is 16.4 Å². The second-order valence-corrected chi connectivity index (χ2v) is 7.65. The Morgan fingerprint density at radius 3 is 2.45 bits per heavy atom. The van der Waals surface area contributed by atoms with Crippen molar-refractivity contribution in [3.05, 3.63) is 29.3 Å². The van der Waals surface area contributed by atoms with Crippen molar-refractivity contribution in [2.24, 2.45) is 16.6 Å². The van der Waals surface area contributed by atoms with E-state index in [9.17, 15) is 13.9 Å². The summed E-state index contributed by atoms with van der Waals surface area (Å²) in [6, 6.07) is 2.31. The number of nitrogens with zero attached hydrogens (tertiary/aromatic N) is 1. The summed E-state index contributed by atoms with van der Waals surface area (Å²) in [5, 5.41) is 10.4. The average molecular weight is 329 g/mol. The minimum absolute atomic E-state index is 0.0487. The normalized spacial score (nSPS) is 33.4. The first-order valence-corrected chi connectivity index (χ1v) is 7.81. The molecule has 1 aromatic carbocycles. The van der Waals surface area contributed by atoms with Crippen molar-refractivity contribution in [2.75, 3.05) is 5.73 Å². The van der Waals surface area contributed by atoms with Crippen LogP contribution in [0.4, 0.5) is 14.5 Å². The maximum atomic E-state index is 14.4. The van der Waals surface area contributed by atoms with E-state index in [1.807, 2.05) is 13.8 Å². The fourth-order valence-electron chi connectivity index (χ4n) is 2.94. The lowest BCUT2D eigenvalue weighted by Crippen LogP contribution is -2.53. The highest BCUT2D eigenvalue weighted by Crippen LogP contribution is 2.51. The number of thioether (sulfide) groups is 1. The number of aliphatic hydroxyl groups is 1. The molecule has 0 bridgehead atoms. The van der Waals surface area contributed by atoms with Gasteiger partial charge in [0.1, 0.15) is 0 Å². The van der Waals surface area contributed by atoms with Gasteiger partial charge in [-0.25, -0.2) is 8.78 Å². The van der Waals surface area contributed by atoms with Crippen LogP contribution in [0, 0.1) is 17.6 Å². The Bertz CT molecular complexity index is 637. The number of hydrogen-bond donors (Lipinski definition) is 3. The molecule has 1 heterocycles. The number of nitrogens with two attached hydrogens (primary N) is 2. The van der Waals surface area contributed by atoms with Crippen LogP contribution >= 0.6 is 11.8 Å². The summed E-state index contributed by atoms with van der Waals surface area (Å²) < 4.78 is 27.4. The predicted octanol–water partition coefficient (Wildman–Crippen LogP) is 2.60. The standard InChI is InChI=1S/C15H21F2N3OS/c1-7-14(3,10-5-9(18)6-11(16)12(10)17)20-13(19)22-15(7,4)8(2)21/h5-8,21H,18H2,1-4H3,(H2,19,20)/t7-,8-,14-,15-/m0/s1. The highest BCUT2D eigenvalue weighted by molar-refractivity contribution is 8.15. The molecule has 1 aliphatic rings. The Kier molecular flexibility index (Phi) is 4.16. The molecule has 4 nitrogen and oxygen atoms in total. The molecule has 0 saturated heterocycles. The number of anilines is 1. The van der Waals surface area contributed by atoms with Gasteiger partial charge < -0.3 is 16.6 Å². The molecule has 0 saturated carbocycles. The summed E-state index contributed by atoms with van der Waals surface area (Å²) in [4.78, 5) is 4.37. The molecule has 5 N–H and O–H groups in total. The lowest BCUT2D eigenvalue weighted by molar-refractivity contribution is 0.0967. The van der Waals surface area contributed by atoms with Gasteiger partial charge in [-0.3, -0.25) is 4.99 Å². The van der Waals surface area contributed by atoms with E-state index >= 15 is 0 Å². The summed E-state index contributed by atoms with van der Waals surface area (Å²) in [7, 11) is 0.